The molecule has 2 nitrogen and oxygen atoms in total. The van der Waals surface area contributed by atoms with Crippen LogP contribution in [0.4, 0.5) is 0 Å². The lowest BCUT2D eigenvalue weighted by Crippen LogP contribution is -2.60. The summed E-state index contributed by atoms with van der Waals surface area (Å²) >= 11 is 0. The van der Waals surface area contributed by atoms with E-state index < -0.39 is 0 Å². The topological polar surface area (TPSA) is 15.3 Å². The van der Waals surface area contributed by atoms with E-state index >= 15 is 0 Å². The summed E-state index contributed by atoms with van der Waals surface area (Å²) in [6, 6.07) is 1.45. The zero-order valence-corrected chi connectivity index (χ0v) is 13.7. The van der Waals surface area contributed by atoms with Crippen LogP contribution in [0.5, 0.6) is 0 Å². The highest BCUT2D eigenvalue weighted by atomic mass is 15.3. The average molecular weight is 266 g/mol. The van der Waals surface area contributed by atoms with Gasteiger partial charge >= 0.3 is 0 Å². The maximum Gasteiger partial charge on any atom is 0.0280 e. The molecule has 0 radical (unpaired) electrons. The van der Waals surface area contributed by atoms with E-state index in [4.69, 9.17) is 0 Å². The molecule has 0 aromatic rings. The Kier molecular flexibility index (Phi) is 4.94. The van der Waals surface area contributed by atoms with E-state index in [2.05, 4.69) is 44.8 Å². The Bertz CT molecular complexity index is 287. The molecule has 1 saturated carbocycles. The molecule has 19 heavy (non-hydrogen) atoms. The van der Waals surface area contributed by atoms with Crippen LogP contribution in [-0.2, 0) is 0 Å². The molecule has 1 saturated heterocycles. The first-order valence-corrected chi connectivity index (χ1v) is 8.46. The molecule has 0 bridgehead atoms. The minimum atomic E-state index is 0.408. The molecule has 4 atom stereocenters. The molecule has 4 unspecified atom stereocenters. The molecule has 0 amide bonds. The molecule has 1 heterocycles. The highest BCUT2D eigenvalue weighted by Gasteiger charge is 2.44. The summed E-state index contributed by atoms with van der Waals surface area (Å²) in [5.74, 6) is 1.71. The van der Waals surface area contributed by atoms with Gasteiger partial charge in [-0.3, -0.25) is 4.90 Å². The fraction of sp³-hybridized carbons (Fsp3) is 1.00. The van der Waals surface area contributed by atoms with Crippen molar-refractivity contribution in [3.05, 3.63) is 0 Å². The predicted octanol–water partition coefficient (Wildman–Crippen LogP) is 3.66. The zero-order chi connectivity index (χ0) is 14.0. The molecule has 2 heteroatoms. The van der Waals surface area contributed by atoms with E-state index in [0.717, 1.165) is 17.9 Å². The third-order valence-electron chi connectivity index (χ3n) is 5.41. The SMILES string of the molecule is CCCNC1CC(C)CC(C)C1N1CCCC1(C)C. The molecular weight excluding hydrogens is 232 g/mol. The van der Waals surface area contributed by atoms with Gasteiger partial charge in [0.25, 0.3) is 0 Å². The second kappa shape index (κ2) is 6.13. The second-order valence-corrected chi connectivity index (χ2v) is 7.71. The molecule has 112 valence electrons. The maximum absolute atomic E-state index is 3.86. The number of nitrogens with zero attached hydrogens (tertiary/aromatic N) is 1. The van der Waals surface area contributed by atoms with Crippen molar-refractivity contribution in [2.24, 2.45) is 11.8 Å². The summed E-state index contributed by atoms with van der Waals surface area (Å²) in [6.45, 7) is 14.6. The lowest BCUT2D eigenvalue weighted by Gasteiger charge is -2.49. The number of hydrogen-bond donors (Lipinski definition) is 1. The molecule has 0 aromatic heterocycles. The van der Waals surface area contributed by atoms with Crippen molar-refractivity contribution in [3.63, 3.8) is 0 Å². The van der Waals surface area contributed by atoms with Gasteiger partial charge in [0.1, 0.15) is 0 Å². The normalized spacial score (nSPS) is 39.6. The second-order valence-electron chi connectivity index (χ2n) is 7.71. The first-order chi connectivity index (χ1) is 8.95. The van der Waals surface area contributed by atoms with Gasteiger partial charge in [-0.25, -0.2) is 0 Å². The quantitative estimate of drug-likeness (QED) is 0.835. The maximum atomic E-state index is 3.86. The summed E-state index contributed by atoms with van der Waals surface area (Å²) in [5.41, 5.74) is 0.408. The van der Waals surface area contributed by atoms with Gasteiger partial charge < -0.3 is 5.32 Å². The van der Waals surface area contributed by atoms with E-state index in [1.54, 1.807) is 0 Å². The van der Waals surface area contributed by atoms with Gasteiger partial charge in [0.05, 0.1) is 0 Å². The summed E-state index contributed by atoms with van der Waals surface area (Å²) in [4.78, 5) is 2.83. The van der Waals surface area contributed by atoms with Crippen LogP contribution >= 0.6 is 0 Å². The first kappa shape index (κ1) is 15.3. The summed E-state index contributed by atoms with van der Waals surface area (Å²) in [7, 11) is 0. The van der Waals surface area contributed by atoms with Crippen molar-refractivity contribution in [1.29, 1.82) is 0 Å². The molecule has 0 aromatic carbocycles. The number of rotatable bonds is 4. The fourth-order valence-electron chi connectivity index (χ4n) is 4.58. The van der Waals surface area contributed by atoms with Gasteiger partial charge in [-0.15, -0.1) is 0 Å². The van der Waals surface area contributed by atoms with E-state index in [0.29, 0.717) is 11.6 Å². The van der Waals surface area contributed by atoms with Gasteiger partial charge in [-0.1, -0.05) is 20.8 Å². The summed E-state index contributed by atoms with van der Waals surface area (Å²) in [5, 5.41) is 3.86. The zero-order valence-electron chi connectivity index (χ0n) is 13.7. The molecule has 1 aliphatic carbocycles. The summed E-state index contributed by atoms with van der Waals surface area (Å²) in [6.07, 6.45) is 6.76. The minimum absolute atomic E-state index is 0.408. The molecular formula is C17H34N2. The molecule has 2 aliphatic rings. The number of nitrogens with one attached hydrogen (secondary N) is 1. The van der Waals surface area contributed by atoms with Crippen LogP contribution < -0.4 is 5.32 Å². The molecule has 0 spiro atoms. The molecule has 2 fully saturated rings. The Morgan fingerprint density at radius 3 is 2.53 bits per heavy atom. The van der Waals surface area contributed by atoms with Gasteiger partial charge in [0.2, 0.25) is 0 Å². The fourth-order valence-corrected chi connectivity index (χ4v) is 4.58. The van der Waals surface area contributed by atoms with Gasteiger partial charge in [0, 0.05) is 17.6 Å². The van der Waals surface area contributed by atoms with Crippen LogP contribution in [0.25, 0.3) is 0 Å². The van der Waals surface area contributed by atoms with E-state index in [-0.39, 0.29) is 0 Å². The van der Waals surface area contributed by atoms with Crippen molar-refractivity contribution in [2.45, 2.75) is 84.3 Å². The molecule has 2 rings (SSSR count). The Labute approximate surface area is 120 Å². The third kappa shape index (κ3) is 3.33. The standard InChI is InChI=1S/C17H34N2/c1-6-9-18-15-12-13(2)11-14(3)16(15)19-10-7-8-17(19,4)5/h13-16,18H,6-12H2,1-5H3. The van der Waals surface area contributed by atoms with Crippen LogP contribution in [0, 0.1) is 11.8 Å². The highest BCUT2D eigenvalue weighted by Crippen LogP contribution is 2.39. The van der Waals surface area contributed by atoms with Crippen molar-refractivity contribution < 1.29 is 0 Å². The highest BCUT2D eigenvalue weighted by molar-refractivity contribution is 5.01. The lowest BCUT2D eigenvalue weighted by molar-refractivity contribution is 0.0209. The van der Waals surface area contributed by atoms with Crippen molar-refractivity contribution >= 4 is 0 Å². The van der Waals surface area contributed by atoms with E-state index in [1.807, 2.05) is 0 Å². The van der Waals surface area contributed by atoms with Crippen molar-refractivity contribution in [3.8, 4) is 0 Å². The van der Waals surface area contributed by atoms with Crippen LogP contribution in [0.2, 0.25) is 0 Å². The van der Waals surface area contributed by atoms with Crippen molar-refractivity contribution in [2.75, 3.05) is 13.1 Å². The van der Waals surface area contributed by atoms with Crippen LogP contribution in [-0.4, -0.2) is 35.6 Å². The monoisotopic (exact) mass is 266 g/mol. The number of hydrogen-bond acceptors (Lipinski definition) is 2. The van der Waals surface area contributed by atoms with E-state index in [9.17, 15) is 0 Å². The van der Waals surface area contributed by atoms with E-state index in [1.165, 1.54) is 45.2 Å². The Morgan fingerprint density at radius 2 is 1.95 bits per heavy atom. The number of likely N-dealkylation sites (tertiary alicyclic amines) is 1. The van der Waals surface area contributed by atoms with Gasteiger partial charge in [-0.2, -0.15) is 0 Å². The minimum Gasteiger partial charge on any atom is -0.312 e. The van der Waals surface area contributed by atoms with Crippen LogP contribution in [0.3, 0.4) is 0 Å². The largest absolute Gasteiger partial charge is 0.312 e. The first-order valence-electron chi connectivity index (χ1n) is 8.46. The average Bonchev–Trinajstić information content (AvgIpc) is 2.65. The molecule has 1 aliphatic heterocycles. The Hall–Kier alpha value is -0.0800. The van der Waals surface area contributed by atoms with Crippen LogP contribution in [0.1, 0.15) is 66.7 Å². The lowest BCUT2D eigenvalue weighted by atomic mass is 9.75. The summed E-state index contributed by atoms with van der Waals surface area (Å²) < 4.78 is 0. The third-order valence-corrected chi connectivity index (χ3v) is 5.41. The van der Waals surface area contributed by atoms with Crippen molar-refractivity contribution in [1.82, 2.24) is 10.2 Å². The van der Waals surface area contributed by atoms with Gasteiger partial charge in [-0.05, 0) is 70.9 Å². The smallest absolute Gasteiger partial charge is 0.0280 e. The predicted molar refractivity (Wildman–Crippen MR) is 83.5 cm³/mol. The Balaban J connectivity index is 2.12. The molecule has 1 N–H and O–H groups in total. The van der Waals surface area contributed by atoms with Gasteiger partial charge in [0.15, 0.2) is 0 Å². The van der Waals surface area contributed by atoms with Crippen LogP contribution in [0.15, 0.2) is 0 Å². The Morgan fingerprint density at radius 1 is 1.21 bits per heavy atom.